The molecule has 4 N–H and O–H groups in total. The molecule has 0 aromatic heterocycles. The maximum Gasteiger partial charge on any atom is 0.338 e. The van der Waals surface area contributed by atoms with Gasteiger partial charge in [0.15, 0.2) is 5.82 Å². The van der Waals surface area contributed by atoms with Crippen LogP contribution in [0.25, 0.3) is 0 Å². The van der Waals surface area contributed by atoms with Gasteiger partial charge in [0.25, 0.3) is 0 Å². The van der Waals surface area contributed by atoms with Crippen molar-refractivity contribution in [3.05, 3.63) is 52.3 Å². The Bertz CT molecular complexity index is 715. The molecule has 0 saturated heterocycles. The van der Waals surface area contributed by atoms with Gasteiger partial charge in [-0.3, -0.25) is 0 Å². The average molecular weight is 317 g/mol. The number of aromatic carboxylic acids is 1. The lowest BCUT2D eigenvalue weighted by Crippen LogP contribution is -2.06. The van der Waals surface area contributed by atoms with E-state index in [1.807, 2.05) is 0 Å². The lowest BCUT2D eigenvalue weighted by atomic mass is 10.1. The minimum atomic E-state index is -1.49. The molecule has 0 fully saturated rings. The summed E-state index contributed by atoms with van der Waals surface area (Å²) < 4.78 is 40.1. The zero-order chi connectivity index (χ0) is 15.7. The number of carboxylic acids is 1. The molecule has 0 atom stereocenters. The van der Waals surface area contributed by atoms with Crippen LogP contribution in [0.15, 0.2) is 24.3 Å². The van der Waals surface area contributed by atoms with Crippen LogP contribution in [0.3, 0.4) is 0 Å². The molecular weight excluding hydrogens is 309 g/mol. The van der Waals surface area contributed by atoms with Gasteiger partial charge in [0.1, 0.15) is 11.6 Å². The van der Waals surface area contributed by atoms with E-state index in [2.05, 4.69) is 5.32 Å². The van der Waals surface area contributed by atoms with Crippen LogP contribution in [0.4, 0.5) is 30.2 Å². The van der Waals surface area contributed by atoms with Crippen molar-refractivity contribution in [1.82, 2.24) is 0 Å². The molecule has 2 aromatic rings. The molecule has 0 amide bonds. The van der Waals surface area contributed by atoms with E-state index in [1.165, 1.54) is 0 Å². The maximum atomic E-state index is 13.6. The molecule has 0 saturated carbocycles. The van der Waals surface area contributed by atoms with E-state index >= 15 is 0 Å². The summed E-state index contributed by atoms with van der Waals surface area (Å²) in [6.45, 7) is 0. The van der Waals surface area contributed by atoms with Crippen LogP contribution in [-0.4, -0.2) is 11.1 Å². The molecule has 0 radical (unpaired) electrons. The Morgan fingerprint density at radius 2 is 1.81 bits per heavy atom. The fourth-order valence-electron chi connectivity index (χ4n) is 1.66. The number of nitrogens with two attached hydrogens (primary N) is 1. The highest BCUT2D eigenvalue weighted by Crippen LogP contribution is 2.32. The zero-order valence-electron chi connectivity index (χ0n) is 10.3. The normalized spacial score (nSPS) is 10.5. The van der Waals surface area contributed by atoms with E-state index in [0.717, 1.165) is 18.2 Å². The van der Waals surface area contributed by atoms with Gasteiger partial charge < -0.3 is 16.2 Å². The lowest BCUT2D eigenvalue weighted by Gasteiger charge is -2.13. The van der Waals surface area contributed by atoms with Crippen molar-refractivity contribution in [2.75, 3.05) is 11.1 Å². The number of nitrogen functional groups attached to an aromatic ring is 1. The third-order valence-corrected chi connectivity index (χ3v) is 2.93. The monoisotopic (exact) mass is 316 g/mol. The van der Waals surface area contributed by atoms with Crippen molar-refractivity contribution in [3.63, 3.8) is 0 Å². The molecule has 21 heavy (non-hydrogen) atoms. The Kier molecular flexibility index (Phi) is 3.95. The Hall–Kier alpha value is -2.41. The van der Waals surface area contributed by atoms with Crippen LogP contribution < -0.4 is 11.1 Å². The molecule has 0 bridgehead atoms. The van der Waals surface area contributed by atoms with Crippen molar-refractivity contribution in [3.8, 4) is 0 Å². The van der Waals surface area contributed by atoms with Crippen LogP contribution >= 0.6 is 11.6 Å². The number of nitrogens with one attached hydrogen (secondary N) is 1. The quantitative estimate of drug-likeness (QED) is 0.753. The summed E-state index contributed by atoms with van der Waals surface area (Å²) in [5, 5.41) is 10.9. The number of benzene rings is 2. The summed E-state index contributed by atoms with van der Waals surface area (Å²) >= 11 is 5.69. The Labute approximate surface area is 121 Å². The highest BCUT2D eigenvalue weighted by atomic mass is 35.5. The van der Waals surface area contributed by atoms with E-state index in [-0.39, 0.29) is 22.1 Å². The van der Waals surface area contributed by atoms with Crippen molar-refractivity contribution < 1.29 is 23.1 Å². The Morgan fingerprint density at radius 1 is 1.14 bits per heavy atom. The van der Waals surface area contributed by atoms with Crippen molar-refractivity contribution >= 4 is 34.6 Å². The minimum Gasteiger partial charge on any atom is -0.478 e. The topological polar surface area (TPSA) is 75.4 Å². The summed E-state index contributed by atoms with van der Waals surface area (Å²) in [6.07, 6.45) is 0. The van der Waals surface area contributed by atoms with Gasteiger partial charge in [-0.15, -0.1) is 0 Å². The molecule has 0 aliphatic carbocycles. The van der Waals surface area contributed by atoms with Gasteiger partial charge in [0.2, 0.25) is 0 Å². The fourth-order valence-corrected chi connectivity index (χ4v) is 1.90. The van der Waals surface area contributed by atoms with E-state index in [1.54, 1.807) is 0 Å². The third-order valence-electron chi connectivity index (χ3n) is 2.64. The number of carbonyl (C=O) groups is 1. The molecule has 0 heterocycles. The van der Waals surface area contributed by atoms with Gasteiger partial charge in [-0.05, 0) is 12.1 Å². The van der Waals surface area contributed by atoms with Crippen molar-refractivity contribution in [2.24, 2.45) is 0 Å². The van der Waals surface area contributed by atoms with Crippen LogP contribution in [0.2, 0.25) is 5.02 Å². The van der Waals surface area contributed by atoms with Crippen molar-refractivity contribution in [2.45, 2.75) is 0 Å². The summed E-state index contributed by atoms with van der Waals surface area (Å²) in [4.78, 5) is 10.8. The van der Waals surface area contributed by atoms with E-state index in [9.17, 15) is 18.0 Å². The van der Waals surface area contributed by atoms with Gasteiger partial charge in [-0.25, -0.2) is 18.0 Å². The van der Waals surface area contributed by atoms with Gasteiger partial charge in [-0.2, -0.15) is 0 Å². The molecule has 8 heteroatoms. The Morgan fingerprint density at radius 3 is 2.38 bits per heavy atom. The van der Waals surface area contributed by atoms with Crippen molar-refractivity contribution in [1.29, 1.82) is 0 Å². The molecule has 0 aliphatic heterocycles. The van der Waals surface area contributed by atoms with Crippen LogP contribution in [0.1, 0.15) is 10.4 Å². The number of anilines is 3. The van der Waals surface area contributed by atoms with Gasteiger partial charge in [-0.1, -0.05) is 11.6 Å². The molecule has 2 rings (SSSR count). The highest BCUT2D eigenvalue weighted by Gasteiger charge is 2.16. The summed E-state index contributed by atoms with van der Waals surface area (Å²) in [6, 6.07) is 3.13. The van der Waals surface area contributed by atoms with E-state index < -0.39 is 29.0 Å². The number of rotatable bonds is 3. The predicted octanol–water partition coefficient (Wildman–Crippen LogP) is 3.78. The lowest BCUT2D eigenvalue weighted by molar-refractivity contribution is 0.0692. The molecule has 4 nitrogen and oxygen atoms in total. The summed E-state index contributed by atoms with van der Waals surface area (Å²) in [7, 11) is 0. The number of hydrogen-bond acceptors (Lipinski definition) is 3. The fraction of sp³-hybridized carbons (Fsp3) is 0. The molecule has 0 spiro atoms. The first kappa shape index (κ1) is 15.0. The minimum absolute atomic E-state index is 0.0927. The first-order valence-corrected chi connectivity index (χ1v) is 5.91. The highest BCUT2D eigenvalue weighted by molar-refractivity contribution is 6.33. The number of carboxylic acid groups (broad SMARTS) is 1. The van der Waals surface area contributed by atoms with Crippen LogP contribution in [0.5, 0.6) is 0 Å². The van der Waals surface area contributed by atoms with Gasteiger partial charge in [0.05, 0.1) is 27.6 Å². The van der Waals surface area contributed by atoms with E-state index in [0.29, 0.717) is 6.07 Å². The van der Waals surface area contributed by atoms with Gasteiger partial charge >= 0.3 is 5.97 Å². The second kappa shape index (κ2) is 5.53. The number of halogens is 4. The maximum absolute atomic E-state index is 13.6. The molecule has 0 unspecified atom stereocenters. The van der Waals surface area contributed by atoms with Crippen LogP contribution in [0, 0.1) is 17.5 Å². The second-order valence-electron chi connectivity index (χ2n) is 4.09. The molecule has 110 valence electrons. The number of hydrogen-bond donors (Lipinski definition) is 3. The zero-order valence-corrected chi connectivity index (χ0v) is 11.0. The first-order valence-electron chi connectivity index (χ1n) is 5.53. The van der Waals surface area contributed by atoms with E-state index in [4.69, 9.17) is 22.4 Å². The standard InChI is InChI=1S/C13H8ClF3N2O2/c14-7-1-5(15)2-9(17)12(7)19-11-4-8(16)6(13(20)21)3-10(11)18/h1-4,19H,18H2,(H,20,21). The smallest absolute Gasteiger partial charge is 0.338 e. The van der Waals surface area contributed by atoms with Gasteiger partial charge in [0, 0.05) is 12.1 Å². The molecule has 0 aliphatic rings. The Balaban J connectivity index is 2.46. The average Bonchev–Trinajstić information content (AvgIpc) is 2.36. The SMILES string of the molecule is Nc1cc(C(=O)O)c(F)cc1Nc1c(F)cc(F)cc1Cl. The second-order valence-corrected chi connectivity index (χ2v) is 4.50. The molecular formula is C13H8ClF3N2O2. The third kappa shape index (κ3) is 3.03. The summed E-state index contributed by atoms with van der Waals surface area (Å²) in [5.41, 5.74) is 4.43. The largest absolute Gasteiger partial charge is 0.478 e. The van der Waals surface area contributed by atoms with Crippen LogP contribution in [-0.2, 0) is 0 Å². The molecule has 2 aromatic carbocycles. The first-order chi connectivity index (χ1) is 9.79. The predicted molar refractivity (Wildman–Crippen MR) is 72.4 cm³/mol. The summed E-state index contributed by atoms with van der Waals surface area (Å²) in [5.74, 6) is -4.42.